The molecule has 2 N–H and O–H groups in total. The van der Waals surface area contributed by atoms with Crippen LogP contribution in [0.1, 0.15) is 19.4 Å². The molecule has 0 spiro atoms. The minimum absolute atomic E-state index is 0.582. The Hall–Kier alpha value is -0.900. The summed E-state index contributed by atoms with van der Waals surface area (Å²) in [6.45, 7) is 5.34. The van der Waals surface area contributed by atoms with Crippen LogP contribution in [0.25, 0.3) is 10.1 Å². The lowest BCUT2D eigenvalue weighted by Crippen LogP contribution is -2.35. The number of benzene rings is 1. The van der Waals surface area contributed by atoms with Crippen LogP contribution in [-0.2, 0) is 5.60 Å². The van der Waals surface area contributed by atoms with Crippen LogP contribution in [0.15, 0.2) is 29.6 Å². The van der Waals surface area contributed by atoms with Crippen molar-refractivity contribution < 1.29 is 5.11 Å². The largest absolute Gasteiger partial charge is 0.384 e. The Morgan fingerprint density at radius 3 is 2.94 bits per heavy atom. The second kappa shape index (κ2) is 4.53. The van der Waals surface area contributed by atoms with E-state index in [0.717, 1.165) is 12.1 Å². The van der Waals surface area contributed by atoms with Crippen LogP contribution in [0.2, 0.25) is 0 Å². The standard InChI is InChI=1S/C13H17NOS/c1-3-14-9-13(2,15)11-4-5-12-10(8-11)6-7-16-12/h4-8,14-15H,3,9H2,1-2H3. The highest BCUT2D eigenvalue weighted by molar-refractivity contribution is 7.17. The summed E-state index contributed by atoms with van der Waals surface area (Å²) >= 11 is 1.73. The van der Waals surface area contributed by atoms with Gasteiger partial charge in [0.1, 0.15) is 0 Å². The number of fused-ring (bicyclic) bond motifs is 1. The van der Waals surface area contributed by atoms with Crippen molar-refractivity contribution >= 4 is 21.4 Å². The average molecular weight is 235 g/mol. The molecule has 86 valence electrons. The summed E-state index contributed by atoms with van der Waals surface area (Å²) < 4.78 is 1.27. The van der Waals surface area contributed by atoms with Crippen LogP contribution in [-0.4, -0.2) is 18.2 Å². The molecular formula is C13H17NOS. The molecule has 2 rings (SSSR count). The predicted octanol–water partition coefficient (Wildman–Crippen LogP) is 2.72. The summed E-state index contributed by atoms with van der Waals surface area (Å²) in [5.74, 6) is 0. The molecule has 0 aliphatic carbocycles. The maximum absolute atomic E-state index is 10.4. The zero-order chi connectivity index (χ0) is 11.6. The molecule has 0 aliphatic rings. The highest BCUT2D eigenvalue weighted by atomic mass is 32.1. The van der Waals surface area contributed by atoms with Gasteiger partial charge >= 0.3 is 0 Å². The van der Waals surface area contributed by atoms with Gasteiger partial charge in [-0.05, 0) is 48.0 Å². The number of hydrogen-bond donors (Lipinski definition) is 2. The summed E-state index contributed by atoms with van der Waals surface area (Å²) in [6.07, 6.45) is 0. The Morgan fingerprint density at radius 1 is 1.38 bits per heavy atom. The van der Waals surface area contributed by atoms with Crippen LogP contribution in [0.4, 0.5) is 0 Å². The molecule has 1 aromatic heterocycles. The predicted molar refractivity (Wildman–Crippen MR) is 69.9 cm³/mol. The fraction of sp³-hybridized carbons (Fsp3) is 0.385. The molecule has 0 fully saturated rings. The van der Waals surface area contributed by atoms with E-state index in [2.05, 4.69) is 28.9 Å². The monoisotopic (exact) mass is 235 g/mol. The van der Waals surface area contributed by atoms with E-state index >= 15 is 0 Å². The van der Waals surface area contributed by atoms with Gasteiger partial charge in [0.25, 0.3) is 0 Å². The zero-order valence-electron chi connectivity index (χ0n) is 9.66. The van der Waals surface area contributed by atoms with E-state index in [9.17, 15) is 5.11 Å². The van der Waals surface area contributed by atoms with E-state index in [0.29, 0.717) is 6.54 Å². The molecule has 0 bridgehead atoms. The molecule has 0 saturated heterocycles. The van der Waals surface area contributed by atoms with Gasteiger partial charge < -0.3 is 10.4 Å². The van der Waals surface area contributed by atoms with Crippen LogP contribution in [0, 0.1) is 0 Å². The lowest BCUT2D eigenvalue weighted by atomic mass is 9.95. The second-order valence-corrected chi connectivity index (χ2v) is 5.18. The summed E-state index contributed by atoms with van der Waals surface area (Å²) in [5.41, 5.74) is 0.172. The van der Waals surface area contributed by atoms with E-state index < -0.39 is 5.60 Å². The molecule has 3 heteroatoms. The molecule has 1 unspecified atom stereocenters. The van der Waals surface area contributed by atoms with E-state index in [1.807, 2.05) is 19.9 Å². The van der Waals surface area contributed by atoms with Gasteiger partial charge in [-0.15, -0.1) is 11.3 Å². The van der Waals surface area contributed by atoms with Crippen LogP contribution < -0.4 is 5.32 Å². The van der Waals surface area contributed by atoms with Gasteiger partial charge in [-0.25, -0.2) is 0 Å². The molecule has 1 aromatic carbocycles. The van der Waals surface area contributed by atoms with Crippen molar-refractivity contribution in [3.05, 3.63) is 35.2 Å². The molecule has 0 saturated carbocycles. The normalized spacial score (nSPS) is 15.2. The van der Waals surface area contributed by atoms with Crippen molar-refractivity contribution in [1.82, 2.24) is 5.32 Å². The van der Waals surface area contributed by atoms with Crippen LogP contribution in [0.3, 0.4) is 0 Å². The van der Waals surface area contributed by atoms with Gasteiger partial charge in [0.05, 0.1) is 5.60 Å². The number of hydrogen-bond acceptors (Lipinski definition) is 3. The molecule has 16 heavy (non-hydrogen) atoms. The third-order valence-corrected chi connectivity index (χ3v) is 3.69. The molecule has 1 atom stereocenters. The number of thiophene rings is 1. The van der Waals surface area contributed by atoms with Crippen molar-refractivity contribution in [3.63, 3.8) is 0 Å². The van der Waals surface area contributed by atoms with Crippen molar-refractivity contribution in [1.29, 1.82) is 0 Å². The van der Waals surface area contributed by atoms with Crippen LogP contribution in [0.5, 0.6) is 0 Å². The third-order valence-electron chi connectivity index (χ3n) is 2.79. The molecule has 2 aromatic rings. The maximum Gasteiger partial charge on any atom is 0.0992 e. The number of rotatable bonds is 4. The Morgan fingerprint density at radius 2 is 2.19 bits per heavy atom. The van der Waals surface area contributed by atoms with Gasteiger partial charge in [0, 0.05) is 11.2 Å². The highest BCUT2D eigenvalue weighted by Crippen LogP contribution is 2.27. The molecular weight excluding hydrogens is 218 g/mol. The highest BCUT2D eigenvalue weighted by Gasteiger charge is 2.22. The number of nitrogens with one attached hydrogen (secondary N) is 1. The van der Waals surface area contributed by atoms with Gasteiger partial charge in [-0.3, -0.25) is 0 Å². The van der Waals surface area contributed by atoms with E-state index in [1.54, 1.807) is 11.3 Å². The summed E-state index contributed by atoms with van der Waals surface area (Å²) in [5, 5.41) is 16.8. The number of likely N-dealkylation sites (N-methyl/N-ethyl adjacent to an activating group) is 1. The van der Waals surface area contributed by atoms with Crippen LogP contribution >= 0.6 is 11.3 Å². The van der Waals surface area contributed by atoms with E-state index in [4.69, 9.17) is 0 Å². The smallest absolute Gasteiger partial charge is 0.0992 e. The quantitative estimate of drug-likeness (QED) is 0.854. The van der Waals surface area contributed by atoms with E-state index in [1.165, 1.54) is 10.1 Å². The zero-order valence-corrected chi connectivity index (χ0v) is 10.5. The minimum atomic E-state index is -0.799. The molecule has 0 amide bonds. The summed E-state index contributed by atoms with van der Waals surface area (Å²) in [4.78, 5) is 0. The topological polar surface area (TPSA) is 32.3 Å². The fourth-order valence-electron chi connectivity index (χ4n) is 1.77. The van der Waals surface area contributed by atoms with Gasteiger partial charge in [-0.2, -0.15) is 0 Å². The lowest BCUT2D eigenvalue weighted by Gasteiger charge is -2.24. The first-order valence-corrected chi connectivity index (χ1v) is 6.42. The first kappa shape index (κ1) is 11.6. The SMILES string of the molecule is CCNCC(C)(O)c1ccc2sccc2c1. The maximum atomic E-state index is 10.4. The van der Waals surface area contributed by atoms with Crippen molar-refractivity contribution in [2.24, 2.45) is 0 Å². The fourth-order valence-corrected chi connectivity index (χ4v) is 2.54. The van der Waals surface area contributed by atoms with Gasteiger partial charge in [0.15, 0.2) is 0 Å². The molecule has 0 aliphatic heterocycles. The van der Waals surface area contributed by atoms with Crippen molar-refractivity contribution in [2.75, 3.05) is 13.1 Å². The molecule has 2 nitrogen and oxygen atoms in total. The molecule has 0 radical (unpaired) electrons. The Balaban J connectivity index is 2.30. The first-order chi connectivity index (χ1) is 7.63. The minimum Gasteiger partial charge on any atom is -0.384 e. The molecule has 1 heterocycles. The average Bonchev–Trinajstić information content (AvgIpc) is 2.73. The van der Waals surface area contributed by atoms with Gasteiger partial charge in [-0.1, -0.05) is 13.0 Å². The van der Waals surface area contributed by atoms with Gasteiger partial charge in [0.2, 0.25) is 0 Å². The lowest BCUT2D eigenvalue weighted by molar-refractivity contribution is 0.0577. The van der Waals surface area contributed by atoms with E-state index in [-0.39, 0.29) is 0 Å². The third kappa shape index (κ3) is 2.26. The Bertz CT molecular complexity index is 475. The number of aliphatic hydroxyl groups is 1. The van der Waals surface area contributed by atoms with Crippen molar-refractivity contribution in [3.8, 4) is 0 Å². The summed E-state index contributed by atoms with van der Waals surface area (Å²) in [6, 6.07) is 8.25. The second-order valence-electron chi connectivity index (χ2n) is 4.23. The Labute approximate surface area is 99.9 Å². The first-order valence-electron chi connectivity index (χ1n) is 5.54. The van der Waals surface area contributed by atoms with Crippen molar-refractivity contribution in [2.45, 2.75) is 19.4 Å². The summed E-state index contributed by atoms with van der Waals surface area (Å²) in [7, 11) is 0. The Kier molecular flexibility index (Phi) is 3.28.